The van der Waals surface area contributed by atoms with Crippen molar-refractivity contribution in [2.24, 2.45) is 5.92 Å². The van der Waals surface area contributed by atoms with Gasteiger partial charge < -0.3 is 4.42 Å². The predicted molar refractivity (Wildman–Crippen MR) is 90.7 cm³/mol. The van der Waals surface area contributed by atoms with Crippen LogP contribution >= 0.6 is 0 Å². The molecule has 1 heterocycles. The quantitative estimate of drug-likeness (QED) is 0.656. The van der Waals surface area contributed by atoms with Crippen LogP contribution in [0.3, 0.4) is 0 Å². The van der Waals surface area contributed by atoms with E-state index in [0.29, 0.717) is 17.6 Å². The maximum absolute atomic E-state index is 11.7. The number of carbonyl (C=O) groups excluding carboxylic acids is 2. The van der Waals surface area contributed by atoms with Gasteiger partial charge in [0.1, 0.15) is 11.5 Å². The SMILES string of the molecule is CC1CC1c1ccc(/C=C/C(=O)NNC(=O)Cc2ccccc2)o1. The van der Waals surface area contributed by atoms with Gasteiger partial charge in [-0.05, 0) is 36.1 Å². The smallest absolute Gasteiger partial charge is 0.262 e. The molecule has 2 atom stereocenters. The zero-order valence-corrected chi connectivity index (χ0v) is 13.5. The number of amides is 2. The molecule has 124 valence electrons. The summed E-state index contributed by atoms with van der Waals surface area (Å²) >= 11 is 0. The third kappa shape index (κ3) is 4.35. The molecule has 0 aliphatic heterocycles. The Labute approximate surface area is 140 Å². The first kappa shape index (κ1) is 16.1. The molecule has 0 bridgehead atoms. The number of hydrazine groups is 1. The van der Waals surface area contributed by atoms with Crippen molar-refractivity contribution >= 4 is 17.9 Å². The minimum absolute atomic E-state index is 0.214. The summed E-state index contributed by atoms with van der Waals surface area (Å²) in [7, 11) is 0. The van der Waals surface area contributed by atoms with Gasteiger partial charge in [-0.25, -0.2) is 0 Å². The minimum Gasteiger partial charge on any atom is -0.461 e. The van der Waals surface area contributed by atoms with Gasteiger partial charge in [-0.1, -0.05) is 37.3 Å². The molecule has 2 amide bonds. The summed E-state index contributed by atoms with van der Waals surface area (Å²) in [6.45, 7) is 2.19. The van der Waals surface area contributed by atoms with Crippen LogP contribution in [0.5, 0.6) is 0 Å². The second-order valence-corrected chi connectivity index (χ2v) is 6.09. The highest BCUT2D eigenvalue weighted by atomic mass is 16.3. The number of furan rings is 1. The normalized spacial score (nSPS) is 19.2. The van der Waals surface area contributed by atoms with Gasteiger partial charge in [0, 0.05) is 12.0 Å². The number of nitrogens with one attached hydrogen (secondary N) is 2. The Kier molecular flexibility index (Phi) is 4.79. The van der Waals surface area contributed by atoms with Gasteiger partial charge in [-0.2, -0.15) is 0 Å². The van der Waals surface area contributed by atoms with Crippen molar-refractivity contribution in [3.8, 4) is 0 Å². The van der Waals surface area contributed by atoms with Crippen LogP contribution in [0, 0.1) is 5.92 Å². The van der Waals surface area contributed by atoms with Gasteiger partial charge in [-0.15, -0.1) is 0 Å². The largest absolute Gasteiger partial charge is 0.461 e. The van der Waals surface area contributed by atoms with Crippen molar-refractivity contribution in [2.75, 3.05) is 0 Å². The summed E-state index contributed by atoms with van der Waals surface area (Å²) in [6.07, 6.45) is 4.30. The average Bonchev–Trinajstić information content (AvgIpc) is 3.12. The molecule has 0 radical (unpaired) electrons. The first-order valence-electron chi connectivity index (χ1n) is 8.02. The van der Waals surface area contributed by atoms with Crippen molar-refractivity contribution in [3.63, 3.8) is 0 Å². The van der Waals surface area contributed by atoms with E-state index in [4.69, 9.17) is 4.42 Å². The summed E-state index contributed by atoms with van der Waals surface area (Å²) in [5.41, 5.74) is 5.63. The topological polar surface area (TPSA) is 71.3 Å². The fourth-order valence-electron chi connectivity index (χ4n) is 2.53. The molecule has 1 saturated carbocycles. The predicted octanol–water partition coefficient (Wildman–Crippen LogP) is 2.81. The highest BCUT2D eigenvalue weighted by Gasteiger charge is 2.36. The van der Waals surface area contributed by atoms with Gasteiger partial charge >= 0.3 is 0 Å². The van der Waals surface area contributed by atoms with Gasteiger partial charge in [0.25, 0.3) is 5.91 Å². The van der Waals surface area contributed by atoms with Crippen molar-refractivity contribution in [2.45, 2.75) is 25.7 Å². The number of benzene rings is 1. The lowest BCUT2D eigenvalue weighted by atomic mass is 10.1. The number of rotatable bonds is 5. The third-order valence-corrected chi connectivity index (χ3v) is 4.05. The highest BCUT2D eigenvalue weighted by molar-refractivity contribution is 5.93. The fourth-order valence-corrected chi connectivity index (χ4v) is 2.53. The van der Waals surface area contributed by atoms with E-state index in [1.54, 1.807) is 6.08 Å². The first-order chi connectivity index (χ1) is 11.6. The Morgan fingerprint density at radius 3 is 2.62 bits per heavy atom. The molecule has 1 aromatic heterocycles. The Morgan fingerprint density at radius 2 is 1.92 bits per heavy atom. The molecule has 1 aliphatic carbocycles. The Balaban J connectivity index is 1.43. The molecule has 3 rings (SSSR count). The van der Waals surface area contributed by atoms with E-state index >= 15 is 0 Å². The van der Waals surface area contributed by atoms with Crippen LogP contribution in [-0.2, 0) is 16.0 Å². The second-order valence-electron chi connectivity index (χ2n) is 6.09. The molecule has 1 aromatic carbocycles. The fraction of sp³-hybridized carbons (Fsp3) is 0.263. The number of hydrogen-bond donors (Lipinski definition) is 2. The number of carbonyl (C=O) groups is 2. The number of hydrogen-bond acceptors (Lipinski definition) is 3. The molecule has 1 aliphatic rings. The van der Waals surface area contributed by atoms with Crippen LogP contribution in [0.15, 0.2) is 53.0 Å². The third-order valence-electron chi connectivity index (χ3n) is 4.05. The lowest BCUT2D eigenvalue weighted by molar-refractivity contribution is -0.126. The van der Waals surface area contributed by atoms with E-state index in [2.05, 4.69) is 17.8 Å². The second kappa shape index (κ2) is 7.17. The van der Waals surface area contributed by atoms with Crippen LogP contribution < -0.4 is 10.9 Å². The molecule has 2 aromatic rings. The van der Waals surface area contributed by atoms with Crippen LogP contribution in [0.25, 0.3) is 6.08 Å². The van der Waals surface area contributed by atoms with E-state index < -0.39 is 5.91 Å². The van der Waals surface area contributed by atoms with Crippen LogP contribution in [0.1, 0.15) is 36.3 Å². The zero-order valence-electron chi connectivity index (χ0n) is 13.5. The van der Waals surface area contributed by atoms with Gasteiger partial charge in [0.15, 0.2) is 0 Å². The summed E-state index contributed by atoms with van der Waals surface area (Å²) in [5, 5.41) is 0. The molecule has 0 saturated heterocycles. The standard InChI is InChI=1S/C19H20N2O3/c1-13-11-16(13)17-9-7-15(24-17)8-10-18(22)20-21-19(23)12-14-5-3-2-4-6-14/h2-10,13,16H,11-12H2,1H3,(H,20,22)(H,21,23)/b10-8+. The van der Waals surface area contributed by atoms with Crippen molar-refractivity contribution < 1.29 is 14.0 Å². The van der Waals surface area contributed by atoms with Crippen LogP contribution in [0.4, 0.5) is 0 Å². The summed E-state index contributed by atoms with van der Waals surface area (Å²) in [4.78, 5) is 23.5. The van der Waals surface area contributed by atoms with Crippen molar-refractivity contribution in [3.05, 3.63) is 65.6 Å². The Bertz CT molecular complexity index is 749. The first-order valence-corrected chi connectivity index (χ1v) is 8.02. The van der Waals surface area contributed by atoms with E-state index in [9.17, 15) is 9.59 Å². The molecule has 2 unspecified atom stereocenters. The molecular formula is C19H20N2O3. The van der Waals surface area contributed by atoms with Crippen molar-refractivity contribution in [1.29, 1.82) is 0 Å². The minimum atomic E-state index is -0.408. The Morgan fingerprint density at radius 1 is 1.17 bits per heavy atom. The van der Waals surface area contributed by atoms with E-state index in [0.717, 1.165) is 17.7 Å². The zero-order chi connectivity index (χ0) is 16.9. The van der Waals surface area contributed by atoms with Gasteiger partial charge in [0.2, 0.25) is 5.91 Å². The van der Waals surface area contributed by atoms with E-state index in [1.807, 2.05) is 42.5 Å². The van der Waals surface area contributed by atoms with Gasteiger partial charge in [-0.3, -0.25) is 20.4 Å². The van der Waals surface area contributed by atoms with E-state index in [1.165, 1.54) is 6.08 Å². The molecule has 24 heavy (non-hydrogen) atoms. The molecule has 2 N–H and O–H groups in total. The molecule has 5 nitrogen and oxygen atoms in total. The van der Waals surface area contributed by atoms with Crippen LogP contribution in [-0.4, -0.2) is 11.8 Å². The van der Waals surface area contributed by atoms with Crippen LogP contribution in [0.2, 0.25) is 0 Å². The molecule has 5 heteroatoms. The highest BCUT2D eigenvalue weighted by Crippen LogP contribution is 2.47. The molecular weight excluding hydrogens is 304 g/mol. The lowest BCUT2D eigenvalue weighted by Gasteiger charge is -2.05. The monoisotopic (exact) mass is 324 g/mol. The summed E-state index contributed by atoms with van der Waals surface area (Å²) in [5.74, 6) is 2.11. The maximum atomic E-state index is 11.7. The average molecular weight is 324 g/mol. The van der Waals surface area contributed by atoms with Crippen molar-refractivity contribution in [1.82, 2.24) is 10.9 Å². The van der Waals surface area contributed by atoms with Gasteiger partial charge in [0.05, 0.1) is 6.42 Å². The Hall–Kier alpha value is -2.82. The molecule has 1 fully saturated rings. The lowest BCUT2D eigenvalue weighted by Crippen LogP contribution is -2.41. The van der Waals surface area contributed by atoms with E-state index in [-0.39, 0.29) is 12.3 Å². The maximum Gasteiger partial charge on any atom is 0.262 e. The summed E-state index contributed by atoms with van der Waals surface area (Å²) < 4.78 is 5.68. The summed E-state index contributed by atoms with van der Waals surface area (Å²) in [6, 6.07) is 13.1. The molecule has 0 spiro atoms.